The van der Waals surface area contributed by atoms with E-state index in [0.717, 1.165) is 12.3 Å². The molecule has 0 aliphatic heterocycles. The average Bonchev–Trinajstić information content (AvgIpc) is 1.64. The lowest BCUT2D eigenvalue weighted by Crippen LogP contribution is -1.94. The maximum Gasteiger partial charge on any atom is 0.362 e. The lowest BCUT2D eigenvalue weighted by molar-refractivity contribution is 0.352. The highest BCUT2D eigenvalue weighted by Crippen LogP contribution is 1.95. The van der Waals surface area contributed by atoms with Crippen LogP contribution in [0, 0.1) is 0 Å². The first-order chi connectivity index (χ1) is 3.79. The lowest BCUT2D eigenvalue weighted by Gasteiger charge is -1.80. The predicted octanol–water partition coefficient (Wildman–Crippen LogP) is -0.260. The molecule has 1 heterocycles. The van der Waals surface area contributed by atoms with Gasteiger partial charge in [0, 0.05) is 0 Å². The Balaban J connectivity index is 3.28. The first kappa shape index (κ1) is 4.83. The third kappa shape index (κ3) is 0.841. The first-order valence-corrected chi connectivity index (χ1v) is 1.94. The highest BCUT2D eigenvalue weighted by atomic mass is 16.5. The second-order valence-electron chi connectivity index (χ2n) is 1.21. The van der Waals surface area contributed by atoms with E-state index in [4.69, 9.17) is 5.11 Å². The molecule has 0 atom stereocenters. The number of nitrogens with zero attached hydrogens (tertiary/aromatic N) is 1. The molecule has 4 heteroatoms. The molecule has 0 spiro atoms. The van der Waals surface area contributed by atoms with Crippen LogP contribution in [-0.2, 0) is 0 Å². The third-order valence-electron chi connectivity index (χ3n) is 0.593. The Kier molecular flexibility index (Phi) is 0.997. The van der Waals surface area contributed by atoms with Crippen LogP contribution >= 0.6 is 0 Å². The fourth-order valence-electron chi connectivity index (χ4n) is 0.317. The van der Waals surface area contributed by atoms with Gasteiger partial charge in [0.25, 0.3) is 0 Å². The number of hydrogen-bond acceptors (Lipinski definition) is 4. The van der Waals surface area contributed by atoms with Crippen molar-refractivity contribution < 1.29 is 9.63 Å². The van der Waals surface area contributed by atoms with Crippen LogP contribution in [0.2, 0.25) is 0 Å². The monoisotopic (exact) mass is 113 g/mol. The summed E-state index contributed by atoms with van der Waals surface area (Å²) in [5, 5.41) is 11.5. The molecule has 8 heavy (non-hydrogen) atoms. The normalized spacial score (nSPS) is 9.00. The number of rotatable bonds is 0. The van der Waals surface area contributed by atoms with Crippen molar-refractivity contribution in [1.29, 1.82) is 0 Å². The Morgan fingerprint density at radius 1 is 1.75 bits per heavy atom. The topological polar surface area (TPSA) is 63.3 Å². The van der Waals surface area contributed by atoms with Crippen LogP contribution in [0.25, 0.3) is 0 Å². The van der Waals surface area contributed by atoms with Crippen molar-refractivity contribution in [1.82, 2.24) is 5.16 Å². The standard InChI is InChI=1S/C4H3NO3/c6-3-1-4(7)8-5-2-3/h1-2,6H. The van der Waals surface area contributed by atoms with E-state index < -0.39 is 5.63 Å². The zero-order valence-corrected chi connectivity index (χ0v) is 3.87. The van der Waals surface area contributed by atoms with Crippen molar-refractivity contribution in [2.45, 2.75) is 0 Å². The van der Waals surface area contributed by atoms with Crippen molar-refractivity contribution in [3.8, 4) is 5.75 Å². The summed E-state index contributed by atoms with van der Waals surface area (Å²) < 4.78 is 4.04. The molecule has 1 N–H and O–H groups in total. The number of aromatic nitrogens is 1. The minimum atomic E-state index is -0.648. The maximum atomic E-state index is 10.1. The molecule has 42 valence electrons. The van der Waals surface area contributed by atoms with E-state index in [1.54, 1.807) is 0 Å². The second-order valence-corrected chi connectivity index (χ2v) is 1.21. The Labute approximate surface area is 44.4 Å². The molecule has 0 unspecified atom stereocenters. The van der Waals surface area contributed by atoms with Crippen LogP contribution < -0.4 is 5.63 Å². The molecule has 0 radical (unpaired) electrons. The molecular weight excluding hydrogens is 110 g/mol. The molecule has 1 aromatic heterocycles. The van der Waals surface area contributed by atoms with Gasteiger partial charge in [0.05, 0.1) is 6.07 Å². The Morgan fingerprint density at radius 2 is 2.50 bits per heavy atom. The van der Waals surface area contributed by atoms with Gasteiger partial charge in [0.2, 0.25) is 0 Å². The van der Waals surface area contributed by atoms with E-state index >= 15 is 0 Å². The highest BCUT2D eigenvalue weighted by Gasteiger charge is 1.86. The molecule has 0 amide bonds. The minimum Gasteiger partial charge on any atom is -0.506 e. The van der Waals surface area contributed by atoms with Gasteiger partial charge in [-0.15, -0.1) is 0 Å². The molecule has 0 aromatic carbocycles. The van der Waals surface area contributed by atoms with Gasteiger partial charge >= 0.3 is 5.63 Å². The molecule has 0 saturated heterocycles. The summed E-state index contributed by atoms with van der Waals surface area (Å²) in [6.07, 6.45) is 1.04. The molecule has 0 saturated carbocycles. The molecule has 4 nitrogen and oxygen atoms in total. The summed E-state index contributed by atoms with van der Waals surface area (Å²) in [5.41, 5.74) is -0.648. The van der Waals surface area contributed by atoms with Crippen LogP contribution in [0.5, 0.6) is 5.75 Å². The summed E-state index contributed by atoms with van der Waals surface area (Å²) in [4.78, 5) is 10.1. The van der Waals surface area contributed by atoms with Gasteiger partial charge in [-0.25, -0.2) is 4.79 Å². The van der Waals surface area contributed by atoms with E-state index in [0.29, 0.717) is 0 Å². The summed E-state index contributed by atoms with van der Waals surface area (Å²) >= 11 is 0. The van der Waals surface area contributed by atoms with Crippen LogP contribution in [0.1, 0.15) is 0 Å². The third-order valence-corrected chi connectivity index (χ3v) is 0.593. The van der Waals surface area contributed by atoms with Gasteiger partial charge in [0.15, 0.2) is 0 Å². The average molecular weight is 113 g/mol. The van der Waals surface area contributed by atoms with E-state index in [-0.39, 0.29) is 5.75 Å². The fourth-order valence-corrected chi connectivity index (χ4v) is 0.317. The van der Waals surface area contributed by atoms with Gasteiger partial charge in [-0.3, -0.25) is 0 Å². The van der Waals surface area contributed by atoms with Crippen molar-refractivity contribution in [3.05, 3.63) is 22.7 Å². The highest BCUT2D eigenvalue weighted by molar-refractivity contribution is 5.08. The molecule has 0 aliphatic rings. The summed E-state index contributed by atoms with van der Waals surface area (Å²) in [6, 6.07) is 0.938. The Hall–Kier alpha value is -1.32. The Bertz CT molecular complexity index is 229. The van der Waals surface area contributed by atoms with Gasteiger partial charge < -0.3 is 9.63 Å². The predicted molar refractivity (Wildman–Crippen MR) is 24.4 cm³/mol. The maximum absolute atomic E-state index is 10.1. The van der Waals surface area contributed by atoms with E-state index in [1.807, 2.05) is 0 Å². The number of aromatic hydroxyl groups is 1. The van der Waals surface area contributed by atoms with Crippen LogP contribution in [0.3, 0.4) is 0 Å². The quantitative estimate of drug-likeness (QED) is 0.503. The SMILES string of the molecule is O=c1cc(O)cno1. The molecule has 1 rings (SSSR count). The van der Waals surface area contributed by atoms with E-state index in [9.17, 15) is 4.79 Å². The molecule has 0 aliphatic carbocycles. The van der Waals surface area contributed by atoms with Crippen LogP contribution in [0.4, 0.5) is 0 Å². The van der Waals surface area contributed by atoms with Gasteiger partial charge in [-0.2, -0.15) is 0 Å². The molecule has 0 fully saturated rings. The van der Waals surface area contributed by atoms with E-state index in [2.05, 4.69) is 9.68 Å². The van der Waals surface area contributed by atoms with Crippen LogP contribution in [-0.4, -0.2) is 10.3 Å². The fraction of sp³-hybridized carbons (Fsp3) is 0. The van der Waals surface area contributed by atoms with Gasteiger partial charge in [0.1, 0.15) is 11.9 Å². The second kappa shape index (κ2) is 1.65. The molecule has 0 bridgehead atoms. The van der Waals surface area contributed by atoms with Crippen molar-refractivity contribution in [2.75, 3.05) is 0 Å². The van der Waals surface area contributed by atoms with Gasteiger partial charge in [-0.05, 0) is 0 Å². The van der Waals surface area contributed by atoms with Crippen molar-refractivity contribution in [3.63, 3.8) is 0 Å². The lowest BCUT2D eigenvalue weighted by atomic mass is 10.6. The number of hydrogen-bond donors (Lipinski definition) is 1. The summed E-state index contributed by atoms with van der Waals surface area (Å²) in [7, 11) is 0. The smallest absolute Gasteiger partial charge is 0.362 e. The largest absolute Gasteiger partial charge is 0.506 e. The Morgan fingerprint density at radius 3 is 2.88 bits per heavy atom. The van der Waals surface area contributed by atoms with E-state index in [1.165, 1.54) is 0 Å². The minimum absolute atomic E-state index is 0.179. The zero-order valence-electron chi connectivity index (χ0n) is 3.87. The molecule has 1 aromatic rings. The molecular formula is C4H3NO3. The zero-order chi connectivity index (χ0) is 5.98. The van der Waals surface area contributed by atoms with Crippen molar-refractivity contribution >= 4 is 0 Å². The first-order valence-electron chi connectivity index (χ1n) is 1.94. The van der Waals surface area contributed by atoms with Crippen LogP contribution in [0.15, 0.2) is 21.6 Å². The van der Waals surface area contributed by atoms with Crippen molar-refractivity contribution in [2.24, 2.45) is 0 Å². The van der Waals surface area contributed by atoms with Gasteiger partial charge in [-0.1, -0.05) is 5.16 Å². The summed E-state index contributed by atoms with van der Waals surface area (Å²) in [5.74, 6) is -0.179. The summed E-state index contributed by atoms with van der Waals surface area (Å²) in [6.45, 7) is 0.